The van der Waals surface area contributed by atoms with Crippen molar-refractivity contribution in [1.29, 1.82) is 0 Å². The van der Waals surface area contributed by atoms with E-state index in [1.165, 1.54) is 7.11 Å². The molecule has 2 amide bonds. The lowest BCUT2D eigenvalue weighted by Crippen LogP contribution is -2.39. The van der Waals surface area contributed by atoms with Crippen molar-refractivity contribution in [3.63, 3.8) is 0 Å². The lowest BCUT2D eigenvalue weighted by Gasteiger charge is -2.23. The lowest BCUT2D eigenvalue weighted by molar-refractivity contribution is -0.136. The maximum atomic E-state index is 12.3. The number of rotatable bonds is 4. The van der Waals surface area contributed by atoms with E-state index in [4.69, 9.17) is 4.74 Å². The van der Waals surface area contributed by atoms with Gasteiger partial charge in [-0.05, 0) is 25.2 Å². The Morgan fingerprint density at radius 3 is 2.45 bits per heavy atom. The number of methoxy groups -OCH3 is 1. The zero-order valence-corrected chi connectivity index (χ0v) is 12.2. The number of allylic oxidation sites excluding steroid dienone is 2. The predicted octanol–water partition coefficient (Wildman–Crippen LogP) is 1.05. The summed E-state index contributed by atoms with van der Waals surface area (Å²) in [7, 11) is 1.53. The number of carbonyl (C=O) groups is 2. The minimum absolute atomic E-state index is 0.0144. The number of carbonyl (C=O) groups excluding carboxylic acids is 2. The highest BCUT2D eigenvalue weighted by molar-refractivity contribution is 5.78. The first-order valence-electron chi connectivity index (χ1n) is 7.42. The Bertz CT molecular complexity index is 381. The van der Waals surface area contributed by atoms with Crippen LogP contribution in [0, 0.1) is 5.92 Å². The Labute approximate surface area is 120 Å². The van der Waals surface area contributed by atoms with Crippen LogP contribution in [0.2, 0.25) is 0 Å². The second kappa shape index (κ2) is 7.43. The summed E-state index contributed by atoms with van der Waals surface area (Å²) in [6.07, 6.45) is 7.97. The van der Waals surface area contributed by atoms with E-state index in [0.29, 0.717) is 25.4 Å². The standard InChI is InChI=1S/C15H24N2O3/c1-20-12-15(19)17-8-4-7-16(9-10-17)14(18)11-13-5-2-3-6-13/h2,5,13H,3-4,6-12H2,1H3/t13-/m1/s1. The highest BCUT2D eigenvalue weighted by Gasteiger charge is 2.23. The van der Waals surface area contributed by atoms with Crippen LogP contribution in [0.5, 0.6) is 0 Å². The molecule has 2 rings (SSSR count). The van der Waals surface area contributed by atoms with Crippen molar-refractivity contribution in [3.05, 3.63) is 12.2 Å². The molecule has 5 heteroatoms. The highest BCUT2D eigenvalue weighted by Crippen LogP contribution is 2.21. The molecule has 0 aromatic heterocycles. The SMILES string of the molecule is COCC(=O)N1CCCN(C(=O)C[C@@H]2C=CCC2)CC1. The van der Waals surface area contributed by atoms with Gasteiger partial charge >= 0.3 is 0 Å². The van der Waals surface area contributed by atoms with Gasteiger partial charge in [-0.2, -0.15) is 0 Å². The summed E-state index contributed by atoms with van der Waals surface area (Å²) in [6.45, 7) is 2.86. The highest BCUT2D eigenvalue weighted by atomic mass is 16.5. The average molecular weight is 280 g/mol. The first-order valence-corrected chi connectivity index (χ1v) is 7.42. The number of ether oxygens (including phenoxy) is 1. The molecule has 0 radical (unpaired) electrons. The average Bonchev–Trinajstić information content (AvgIpc) is 2.80. The van der Waals surface area contributed by atoms with Crippen molar-refractivity contribution >= 4 is 11.8 Å². The van der Waals surface area contributed by atoms with Gasteiger partial charge in [-0.15, -0.1) is 0 Å². The first kappa shape index (κ1) is 15.0. The zero-order valence-electron chi connectivity index (χ0n) is 12.2. The Hall–Kier alpha value is -1.36. The van der Waals surface area contributed by atoms with Crippen molar-refractivity contribution in [2.75, 3.05) is 39.9 Å². The predicted molar refractivity (Wildman–Crippen MR) is 76.1 cm³/mol. The van der Waals surface area contributed by atoms with Crippen LogP contribution in [0.4, 0.5) is 0 Å². The van der Waals surface area contributed by atoms with Crippen LogP contribution in [-0.2, 0) is 14.3 Å². The molecule has 0 aromatic carbocycles. The van der Waals surface area contributed by atoms with Crippen molar-refractivity contribution in [3.8, 4) is 0 Å². The molecule has 1 atom stereocenters. The number of amides is 2. The summed E-state index contributed by atoms with van der Waals surface area (Å²) >= 11 is 0. The van der Waals surface area contributed by atoms with Gasteiger partial charge in [-0.1, -0.05) is 12.2 Å². The molecule has 0 bridgehead atoms. The summed E-state index contributed by atoms with van der Waals surface area (Å²) in [4.78, 5) is 27.8. The molecule has 1 saturated heterocycles. The molecule has 2 aliphatic rings. The molecule has 0 N–H and O–H groups in total. The molecule has 0 saturated carbocycles. The summed E-state index contributed by atoms with van der Waals surface area (Å²) in [5.74, 6) is 0.653. The minimum Gasteiger partial charge on any atom is -0.375 e. The van der Waals surface area contributed by atoms with Gasteiger partial charge in [-0.3, -0.25) is 9.59 Å². The van der Waals surface area contributed by atoms with E-state index < -0.39 is 0 Å². The molecule has 0 unspecified atom stereocenters. The summed E-state index contributed by atoms with van der Waals surface area (Å²) in [5.41, 5.74) is 0. The first-order chi connectivity index (χ1) is 9.70. The fourth-order valence-corrected chi connectivity index (χ4v) is 2.85. The van der Waals surface area contributed by atoms with E-state index in [0.717, 1.165) is 32.4 Å². The Balaban J connectivity index is 1.80. The van der Waals surface area contributed by atoms with Crippen LogP contribution >= 0.6 is 0 Å². The number of hydrogen-bond donors (Lipinski definition) is 0. The van der Waals surface area contributed by atoms with Crippen LogP contribution in [0.3, 0.4) is 0 Å². The lowest BCUT2D eigenvalue weighted by atomic mass is 10.0. The zero-order chi connectivity index (χ0) is 14.4. The molecule has 1 heterocycles. The number of hydrogen-bond acceptors (Lipinski definition) is 3. The summed E-state index contributed by atoms with van der Waals surface area (Å²) < 4.78 is 4.88. The maximum Gasteiger partial charge on any atom is 0.248 e. The van der Waals surface area contributed by atoms with E-state index >= 15 is 0 Å². The third kappa shape index (κ3) is 4.07. The molecule has 5 nitrogen and oxygen atoms in total. The molecule has 1 aliphatic heterocycles. The van der Waals surface area contributed by atoms with Gasteiger partial charge in [0, 0.05) is 39.7 Å². The topological polar surface area (TPSA) is 49.9 Å². The van der Waals surface area contributed by atoms with Crippen LogP contribution in [-0.4, -0.2) is 61.5 Å². The third-order valence-electron chi connectivity index (χ3n) is 4.02. The van der Waals surface area contributed by atoms with E-state index in [1.54, 1.807) is 4.90 Å². The second-order valence-electron chi connectivity index (χ2n) is 5.52. The second-order valence-corrected chi connectivity index (χ2v) is 5.52. The molecule has 20 heavy (non-hydrogen) atoms. The van der Waals surface area contributed by atoms with Gasteiger partial charge in [0.1, 0.15) is 6.61 Å². The monoisotopic (exact) mass is 280 g/mol. The molecule has 112 valence electrons. The third-order valence-corrected chi connectivity index (χ3v) is 4.02. The van der Waals surface area contributed by atoms with E-state index in [2.05, 4.69) is 12.2 Å². The van der Waals surface area contributed by atoms with Gasteiger partial charge in [0.2, 0.25) is 11.8 Å². The van der Waals surface area contributed by atoms with Gasteiger partial charge in [0.15, 0.2) is 0 Å². The molecular weight excluding hydrogens is 256 g/mol. The summed E-state index contributed by atoms with van der Waals surface area (Å²) in [6, 6.07) is 0. The van der Waals surface area contributed by atoms with Gasteiger partial charge < -0.3 is 14.5 Å². The minimum atomic E-state index is 0.0144. The molecule has 0 spiro atoms. The fourth-order valence-electron chi connectivity index (χ4n) is 2.85. The maximum absolute atomic E-state index is 12.3. The van der Waals surface area contributed by atoms with Gasteiger partial charge in [0.25, 0.3) is 0 Å². The van der Waals surface area contributed by atoms with E-state index in [-0.39, 0.29) is 18.4 Å². The van der Waals surface area contributed by atoms with Crippen LogP contribution in [0.1, 0.15) is 25.7 Å². The Morgan fingerprint density at radius 1 is 1.15 bits per heavy atom. The largest absolute Gasteiger partial charge is 0.375 e. The molecule has 1 fully saturated rings. The quantitative estimate of drug-likeness (QED) is 0.723. The van der Waals surface area contributed by atoms with Gasteiger partial charge in [-0.25, -0.2) is 0 Å². The van der Waals surface area contributed by atoms with E-state index in [1.807, 2.05) is 4.90 Å². The van der Waals surface area contributed by atoms with Crippen molar-refractivity contribution < 1.29 is 14.3 Å². The molecule has 1 aliphatic carbocycles. The van der Waals surface area contributed by atoms with Crippen molar-refractivity contribution in [2.45, 2.75) is 25.7 Å². The van der Waals surface area contributed by atoms with Crippen LogP contribution < -0.4 is 0 Å². The summed E-state index contributed by atoms with van der Waals surface area (Å²) in [5, 5.41) is 0. The fraction of sp³-hybridized carbons (Fsp3) is 0.733. The van der Waals surface area contributed by atoms with Crippen molar-refractivity contribution in [1.82, 2.24) is 9.80 Å². The smallest absolute Gasteiger partial charge is 0.248 e. The van der Waals surface area contributed by atoms with Crippen LogP contribution in [0.15, 0.2) is 12.2 Å². The van der Waals surface area contributed by atoms with Crippen LogP contribution in [0.25, 0.3) is 0 Å². The molecule has 0 aromatic rings. The number of nitrogens with zero attached hydrogens (tertiary/aromatic N) is 2. The van der Waals surface area contributed by atoms with Crippen molar-refractivity contribution in [2.24, 2.45) is 5.92 Å². The Kier molecular flexibility index (Phi) is 5.59. The Morgan fingerprint density at radius 2 is 1.85 bits per heavy atom. The van der Waals surface area contributed by atoms with E-state index in [9.17, 15) is 9.59 Å². The normalized spacial score (nSPS) is 22.9. The van der Waals surface area contributed by atoms with Gasteiger partial charge in [0.05, 0.1) is 0 Å². The molecular formula is C15H24N2O3.